The lowest BCUT2D eigenvalue weighted by atomic mass is 10.1. The normalized spacial score (nSPS) is 10.5. The first-order valence-corrected chi connectivity index (χ1v) is 6.24. The maximum Gasteiger partial charge on any atom is 0.337 e. The first-order chi connectivity index (χ1) is 10.1. The van der Waals surface area contributed by atoms with Gasteiger partial charge in [0, 0.05) is 6.08 Å². The van der Waals surface area contributed by atoms with E-state index in [1.165, 1.54) is 18.2 Å². The van der Waals surface area contributed by atoms with E-state index in [9.17, 15) is 9.59 Å². The molecule has 0 saturated carbocycles. The molecule has 0 heterocycles. The number of hydrogen-bond acceptors (Lipinski definition) is 3. The number of amides is 1. The predicted molar refractivity (Wildman–Crippen MR) is 80.6 cm³/mol. The first kappa shape index (κ1) is 14.5. The zero-order valence-corrected chi connectivity index (χ0v) is 11.1. The molecule has 2 rings (SSSR count). The third-order valence-corrected chi connectivity index (χ3v) is 2.85. The fraction of sp³-hybridized carbons (Fsp3) is 0. The Morgan fingerprint density at radius 3 is 2.29 bits per heavy atom. The molecule has 106 valence electrons. The van der Waals surface area contributed by atoms with Crippen LogP contribution in [0.4, 0.5) is 5.69 Å². The highest BCUT2D eigenvalue weighted by atomic mass is 16.4. The van der Waals surface area contributed by atoms with Gasteiger partial charge in [-0.2, -0.15) is 0 Å². The second kappa shape index (κ2) is 6.49. The number of rotatable bonds is 4. The van der Waals surface area contributed by atoms with Crippen molar-refractivity contribution in [3.05, 3.63) is 71.8 Å². The van der Waals surface area contributed by atoms with Crippen molar-refractivity contribution in [2.75, 3.05) is 5.01 Å². The van der Waals surface area contributed by atoms with Crippen LogP contribution >= 0.6 is 0 Å². The van der Waals surface area contributed by atoms with Gasteiger partial charge in [0.25, 0.3) is 5.91 Å². The number of carbonyl (C=O) groups is 2. The van der Waals surface area contributed by atoms with Crippen molar-refractivity contribution in [2.45, 2.75) is 0 Å². The summed E-state index contributed by atoms with van der Waals surface area (Å²) in [6.45, 7) is 0. The average molecular weight is 282 g/mol. The Bertz CT molecular complexity index is 681. The summed E-state index contributed by atoms with van der Waals surface area (Å²) < 4.78 is 0. The third kappa shape index (κ3) is 3.55. The molecule has 5 heteroatoms. The van der Waals surface area contributed by atoms with Crippen LogP contribution in [0.2, 0.25) is 0 Å². The number of nitrogens with two attached hydrogens (primary N) is 1. The molecule has 0 aliphatic heterocycles. The molecular weight excluding hydrogens is 268 g/mol. The molecule has 21 heavy (non-hydrogen) atoms. The molecule has 0 unspecified atom stereocenters. The zero-order chi connectivity index (χ0) is 15.2. The molecule has 1 amide bonds. The standard InChI is InChI=1S/C16H14N2O3/c17-18(14-9-5-4-8-13(14)16(20)21)15(19)11-10-12-6-2-1-3-7-12/h1-11H,17H2,(H,20,21). The van der Waals surface area contributed by atoms with Crippen LogP contribution < -0.4 is 10.9 Å². The zero-order valence-electron chi connectivity index (χ0n) is 11.1. The van der Waals surface area contributed by atoms with Crippen LogP contribution in [0.5, 0.6) is 0 Å². The number of nitrogens with zero attached hydrogens (tertiary/aromatic N) is 1. The van der Waals surface area contributed by atoms with E-state index in [2.05, 4.69) is 0 Å². The molecule has 2 aromatic carbocycles. The minimum Gasteiger partial charge on any atom is -0.478 e. The van der Waals surface area contributed by atoms with Gasteiger partial charge in [0.1, 0.15) is 0 Å². The van der Waals surface area contributed by atoms with Crippen LogP contribution in [-0.4, -0.2) is 17.0 Å². The van der Waals surface area contributed by atoms with E-state index in [1.807, 2.05) is 30.3 Å². The number of anilines is 1. The molecule has 0 atom stereocenters. The molecule has 0 aliphatic rings. The lowest BCUT2D eigenvalue weighted by molar-refractivity contribution is -0.114. The fourth-order valence-electron chi connectivity index (χ4n) is 1.80. The number of hydrazine groups is 1. The fourth-order valence-corrected chi connectivity index (χ4v) is 1.80. The van der Waals surface area contributed by atoms with Crippen molar-refractivity contribution in [1.29, 1.82) is 0 Å². The van der Waals surface area contributed by atoms with Crippen molar-refractivity contribution in [3.8, 4) is 0 Å². The third-order valence-electron chi connectivity index (χ3n) is 2.85. The van der Waals surface area contributed by atoms with Crippen molar-refractivity contribution in [3.63, 3.8) is 0 Å². The van der Waals surface area contributed by atoms with Crippen LogP contribution in [0.1, 0.15) is 15.9 Å². The lowest BCUT2D eigenvalue weighted by Crippen LogP contribution is -2.37. The smallest absolute Gasteiger partial charge is 0.337 e. The van der Waals surface area contributed by atoms with Gasteiger partial charge in [-0.3, -0.25) is 4.79 Å². The van der Waals surface area contributed by atoms with Crippen molar-refractivity contribution < 1.29 is 14.7 Å². The van der Waals surface area contributed by atoms with Crippen molar-refractivity contribution >= 4 is 23.6 Å². The van der Waals surface area contributed by atoms with Crippen LogP contribution in [0.3, 0.4) is 0 Å². The molecule has 0 aromatic heterocycles. The van der Waals surface area contributed by atoms with E-state index in [0.29, 0.717) is 0 Å². The maximum atomic E-state index is 12.0. The SMILES string of the molecule is NN(C(=O)C=Cc1ccccc1)c1ccccc1C(=O)O. The van der Waals surface area contributed by atoms with Crippen molar-refractivity contribution in [1.82, 2.24) is 0 Å². The Kier molecular flexibility index (Phi) is 4.48. The number of benzene rings is 2. The maximum absolute atomic E-state index is 12.0. The van der Waals surface area contributed by atoms with Gasteiger partial charge in [0.15, 0.2) is 0 Å². The minimum atomic E-state index is -1.14. The highest BCUT2D eigenvalue weighted by Crippen LogP contribution is 2.18. The molecule has 0 radical (unpaired) electrons. The quantitative estimate of drug-likeness (QED) is 0.390. The number of para-hydroxylation sites is 1. The first-order valence-electron chi connectivity index (χ1n) is 6.24. The summed E-state index contributed by atoms with van der Waals surface area (Å²) in [6.07, 6.45) is 2.92. The largest absolute Gasteiger partial charge is 0.478 e. The van der Waals surface area contributed by atoms with Crippen molar-refractivity contribution in [2.24, 2.45) is 5.84 Å². The van der Waals surface area contributed by atoms with Gasteiger partial charge in [0.2, 0.25) is 0 Å². The Hall–Kier alpha value is -2.92. The highest BCUT2D eigenvalue weighted by Gasteiger charge is 2.16. The Balaban J connectivity index is 2.20. The van der Waals surface area contributed by atoms with Gasteiger partial charge in [-0.1, -0.05) is 42.5 Å². The van der Waals surface area contributed by atoms with E-state index in [-0.39, 0.29) is 11.3 Å². The van der Waals surface area contributed by atoms with Gasteiger partial charge in [-0.15, -0.1) is 0 Å². The second-order valence-electron chi connectivity index (χ2n) is 4.27. The van der Waals surface area contributed by atoms with Gasteiger partial charge >= 0.3 is 5.97 Å². The molecule has 0 fully saturated rings. The molecule has 3 N–H and O–H groups in total. The molecule has 0 spiro atoms. The number of hydrogen-bond donors (Lipinski definition) is 2. The number of carbonyl (C=O) groups excluding carboxylic acids is 1. The van der Waals surface area contributed by atoms with E-state index < -0.39 is 11.9 Å². The summed E-state index contributed by atoms with van der Waals surface area (Å²) in [5.74, 6) is 4.07. The van der Waals surface area contributed by atoms with Gasteiger partial charge in [-0.05, 0) is 23.8 Å². The lowest BCUT2D eigenvalue weighted by Gasteiger charge is -2.16. The van der Waals surface area contributed by atoms with Crippen LogP contribution in [0, 0.1) is 0 Å². The number of carboxylic acid groups (broad SMARTS) is 1. The molecule has 0 aliphatic carbocycles. The van der Waals surface area contributed by atoms with Crippen LogP contribution in [-0.2, 0) is 4.79 Å². The van der Waals surface area contributed by atoms with Crippen LogP contribution in [0.25, 0.3) is 6.08 Å². The molecule has 2 aromatic rings. The summed E-state index contributed by atoms with van der Waals surface area (Å²) >= 11 is 0. The number of carboxylic acids is 1. The van der Waals surface area contributed by atoms with Gasteiger partial charge < -0.3 is 5.11 Å². The molecule has 0 saturated heterocycles. The van der Waals surface area contributed by atoms with Crippen LogP contribution in [0.15, 0.2) is 60.7 Å². The van der Waals surface area contributed by atoms with Gasteiger partial charge in [-0.25, -0.2) is 15.6 Å². The van der Waals surface area contributed by atoms with E-state index in [1.54, 1.807) is 18.2 Å². The summed E-state index contributed by atoms with van der Waals surface area (Å²) in [7, 11) is 0. The predicted octanol–water partition coefficient (Wildman–Crippen LogP) is 2.30. The van der Waals surface area contributed by atoms with E-state index in [4.69, 9.17) is 10.9 Å². The number of aromatic carboxylic acids is 1. The summed E-state index contributed by atoms with van der Waals surface area (Å²) in [6, 6.07) is 15.3. The summed E-state index contributed by atoms with van der Waals surface area (Å²) in [5, 5.41) is 9.92. The monoisotopic (exact) mass is 282 g/mol. The van der Waals surface area contributed by atoms with Gasteiger partial charge in [0.05, 0.1) is 11.3 Å². The molecule has 5 nitrogen and oxygen atoms in total. The highest BCUT2D eigenvalue weighted by molar-refractivity contribution is 6.06. The van der Waals surface area contributed by atoms with E-state index in [0.717, 1.165) is 10.6 Å². The minimum absolute atomic E-state index is 0.0264. The average Bonchev–Trinajstić information content (AvgIpc) is 2.52. The Morgan fingerprint density at radius 2 is 1.62 bits per heavy atom. The van der Waals surface area contributed by atoms with E-state index >= 15 is 0 Å². The Morgan fingerprint density at radius 1 is 1.00 bits per heavy atom. The molecule has 0 bridgehead atoms. The second-order valence-corrected chi connectivity index (χ2v) is 4.27. The Labute approximate surface area is 121 Å². The topological polar surface area (TPSA) is 83.6 Å². The summed E-state index contributed by atoms with van der Waals surface area (Å²) in [4.78, 5) is 23.1. The summed E-state index contributed by atoms with van der Waals surface area (Å²) in [5.41, 5.74) is 0.972. The molecular formula is C16H14N2O3.